The normalized spacial score (nSPS) is 10.7. The Morgan fingerprint density at radius 1 is 0.970 bits per heavy atom. The van der Waals surface area contributed by atoms with Crippen LogP contribution in [0.1, 0.15) is 42.3 Å². The van der Waals surface area contributed by atoms with Crippen LogP contribution in [0.2, 0.25) is 0 Å². The van der Waals surface area contributed by atoms with Gasteiger partial charge in [-0.3, -0.25) is 19.3 Å². The van der Waals surface area contributed by atoms with Gasteiger partial charge in [0.25, 0.3) is 5.56 Å². The summed E-state index contributed by atoms with van der Waals surface area (Å²) >= 11 is 0. The lowest BCUT2D eigenvalue weighted by Crippen LogP contribution is -2.28. The number of aromatic nitrogens is 4. The van der Waals surface area contributed by atoms with Crippen LogP contribution in [-0.2, 0) is 13.0 Å². The minimum absolute atomic E-state index is 0.0821. The Labute approximate surface area is 193 Å². The van der Waals surface area contributed by atoms with Gasteiger partial charge in [-0.25, -0.2) is 4.98 Å². The smallest absolute Gasteiger partial charge is 0.257 e. The summed E-state index contributed by atoms with van der Waals surface area (Å²) in [6.07, 6.45) is 4.47. The number of rotatable bonds is 7. The number of hydrogen-bond donors (Lipinski definition) is 0. The van der Waals surface area contributed by atoms with Crippen LogP contribution in [0.15, 0.2) is 71.7 Å². The van der Waals surface area contributed by atoms with Gasteiger partial charge in [0.15, 0.2) is 5.82 Å². The van der Waals surface area contributed by atoms with E-state index in [9.17, 15) is 10.1 Å². The highest BCUT2D eigenvalue weighted by molar-refractivity contribution is 5.67. The van der Waals surface area contributed by atoms with Crippen LogP contribution in [0.4, 0.5) is 0 Å². The van der Waals surface area contributed by atoms with Gasteiger partial charge in [0, 0.05) is 17.3 Å². The summed E-state index contributed by atoms with van der Waals surface area (Å²) in [4.78, 5) is 27.5. The molecule has 4 rings (SSSR count). The lowest BCUT2D eigenvalue weighted by Gasteiger charge is -2.16. The molecule has 0 fully saturated rings. The number of nitrogens with zero attached hydrogens (tertiary/aromatic N) is 5. The van der Waals surface area contributed by atoms with Crippen LogP contribution in [-0.4, -0.2) is 19.5 Å². The molecule has 0 radical (unpaired) electrons. The standard InChI is InChI=1S/C27H25N5O/c1-3-4-13-23-19(2)27(33)32(26(31-23)25-14-7-8-16-29-25)18-21-11-9-15-24(30-21)22-12-6-5-10-20(22)17-28/h5-12,14-16H,3-4,13,18H2,1-2H3. The lowest BCUT2D eigenvalue weighted by molar-refractivity contribution is 0.694. The molecule has 0 saturated heterocycles. The van der Waals surface area contributed by atoms with Crippen LogP contribution in [0, 0.1) is 18.3 Å². The van der Waals surface area contributed by atoms with Crippen molar-refractivity contribution in [2.45, 2.75) is 39.7 Å². The fourth-order valence-corrected chi connectivity index (χ4v) is 3.80. The topological polar surface area (TPSA) is 84.5 Å². The monoisotopic (exact) mass is 435 g/mol. The Morgan fingerprint density at radius 3 is 2.52 bits per heavy atom. The van der Waals surface area contributed by atoms with Crippen molar-refractivity contribution in [2.75, 3.05) is 0 Å². The fourth-order valence-electron chi connectivity index (χ4n) is 3.80. The molecule has 0 aliphatic carbocycles. The largest absolute Gasteiger partial charge is 0.285 e. The summed E-state index contributed by atoms with van der Waals surface area (Å²) in [5.41, 5.74) is 4.79. The summed E-state index contributed by atoms with van der Waals surface area (Å²) in [6.45, 7) is 4.22. The van der Waals surface area contributed by atoms with Crippen molar-refractivity contribution < 1.29 is 0 Å². The Hall–Kier alpha value is -4.11. The molecule has 0 aliphatic heterocycles. The van der Waals surface area contributed by atoms with Gasteiger partial charge in [-0.1, -0.05) is 43.7 Å². The molecule has 6 nitrogen and oxygen atoms in total. The first kappa shape index (κ1) is 22.1. The van der Waals surface area contributed by atoms with Crippen molar-refractivity contribution in [3.63, 3.8) is 0 Å². The molecule has 0 spiro atoms. The Kier molecular flexibility index (Phi) is 6.70. The second kappa shape index (κ2) is 10.0. The van der Waals surface area contributed by atoms with Crippen molar-refractivity contribution in [3.05, 3.63) is 99.7 Å². The van der Waals surface area contributed by atoms with Crippen molar-refractivity contribution in [1.29, 1.82) is 5.26 Å². The molecular formula is C27H25N5O. The van der Waals surface area contributed by atoms with Gasteiger partial charge in [-0.15, -0.1) is 0 Å². The zero-order chi connectivity index (χ0) is 23.2. The van der Waals surface area contributed by atoms with E-state index in [0.717, 1.165) is 30.5 Å². The van der Waals surface area contributed by atoms with Crippen molar-refractivity contribution in [3.8, 4) is 28.8 Å². The molecule has 0 aliphatic rings. The second-order valence-electron chi connectivity index (χ2n) is 7.89. The third kappa shape index (κ3) is 4.73. The Morgan fingerprint density at radius 2 is 1.76 bits per heavy atom. The average Bonchev–Trinajstić information content (AvgIpc) is 2.87. The van der Waals surface area contributed by atoms with Gasteiger partial charge in [-0.05, 0) is 50.1 Å². The predicted molar refractivity (Wildman–Crippen MR) is 129 cm³/mol. The molecule has 164 valence electrons. The van der Waals surface area contributed by atoms with Gasteiger partial charge in [0.05, 0.1) is 35.3 Å². The lowest BCUT2D eigenvalue weighted by atomic mass is 10.0. The molecule has 0 amide bonds. The van der Waals surface area contributed by atoms with Crippen LogP contribution in [0.3, 0.4) is 0 Å². The number of nitriles is 1. The van der Waals surface area contributed by atoms with Crippen LogP contribution >= 0.6 is 0 Å². The fraction of sp³-hybridized carbons (Fsp3) is 0.222. The first-order chi connectivity index (χ1) is 16.1. The highest BCUT2D eigenvalue weighted by atomic mass is 16.1. The summed E-state index contributed by atoms with van der Waals surface area (Å²) in [7, 11) is 0. The van der Waals surface area contributed by atoms with E-state index in [0.29, 0.717) is 34.0 Å². The third-order valence-electron chi connectivity index (χ3n) is 5.61. The number of aryl methyl sites for hydroxylation is 1. The molecule has 0 bridgehead atoms. The van der Waals surface area contributed by atoms with Gasteiger partial charge < -0.3 is 0 Å². The summed E-state index contributed by atoms with van der Waals surface area (Å²) < 4.78 is 1.65. The highest BCUT2D eigenvalue weighted by Crippen LogP contribution is 2.22. The maximum Gasteiger partial charge on any atom is 0.257 e. The quantitative estimate of drug-likeness (QED) is 0.411. The third-order valence-corrected chi connectivity index (χ3v) is 5.61. The predicted octanol–water partition coefficient (Wildman–Crippen LogP) is 4.94. The van der Waals surface area contributed by atoms with Crippen molar-refractivity contribution in [1.82, 2.24) is 19.5 Å². The summed E-state index contributed by atoms with van der Waals surface area (Å²) in [5, 5.41) is 9.46. The molecule has 33 heavy (non-hydrogen) atoms. The number of benzene rings is 1. The first-order valence-corrected chi connectivity index (χ1v) is 11.1. The molecule has 0 saturated carbocycles. The Bertz CT molecular complexity index is 1370. The van der Waals surface area contributed by atoms with Crippen LogP contribution in [0.25, 0.3) is 22.8 Å². The van der Waals surface area contributed by atoms with Gasteiger partial charge in [0.1, 0.15) is 5.69 Å². The SMILES string of the molecule is CCCCc1nc(-c2ccccn2)n(Cc2cccc(-c3ccccc3C#N)n2)c(=O)c1C. The van der Waals surface area contributed by atoms with E-state index < -0.39 is 0 Å². The number of pyridine rings is 2. The molecule has 3 aromatic heterocycles. The molecule has 0 unspecified atom stereocenters. The maximum absolute atomic E-state index is 13.4. The van der Waals surface area contributed by atoms with E-state index in [4.69, 9.17) is 9.97 Å². The van der Waals surface area contributed by atoms with Crippen molar-refractivity contribution in [2.24, 2.45) is 0 Å². The molecule has 3 heterocycles. The van der Waals surface area contributed by atoms with Gasteiger partial charge in [-0.2, -0.15) is 5.26 Å². The molecule has 0 N–H and O–H groups in total. The van der Waals surface area contributed by atoms with E-state index in [2.05, 4.69) is 18.0 Å². The molecule has 0 atom stereocenters. The minimum atomic E-state index is -0.0821. The minimum Gasteiger partial charge on any atom is -0.285 e. The van der Waals surface area contributed by atoms with E-state index in [-0.39, 0.29) is 12.1 Å². The zero-order valence-electron chi connectivity index (χ0n) is 18.8. The van der Waals surface area contributed by atoms with E-state index in [1.807, 2.05) is 61.5 Å². The zero-order valence-corrected chi connectivity index (χ0v) is 18.8. The van der Waals surface area contributed by atoms with Crippen LogP contribution in [0.5, 0.6) is 0 Å². The van der Waals surface area contributed by atoms with E-state index in [1.165, 1.54) is 0 Å². The number of unbranched alkanes of at least 4 members (excludes halogenated alkanes) is 1. The van der Waals surface area contributed by atoms with E-state index in [1.54, 1.807) is 16.8 Å². The van der Waals surface area contributed by atoms with Gasteiger partial charge in [0.2, 0.25) is 0 Å². The Balaban J connectivity index is 1.81. The summed E-state index contributed by atoms with van der Waals surface area (Å²) in [5.74, 6) is 0.543. The summed E-state index contributed by atoms with van der Waals surface area (Å²) in [6, 6.07) is 20.8. The van der Waals surface area contributed by atoms with Gasteiger partial charge >= 0.3 is 0 Å². The highest BCUT2D eigenvalue weighted by Gasteiger charge is 2.17. The van der Waals surface area contributed by atoms with Crippen molar-refractivity contribution >= 4 is 0 Å². The number of hydrogen-bond acceptors (Lipinski definition) is 5. The van der Waals surface area contributed by atoms with Crippen LogP contribution < -0.4 is 5.56 Å². The first-order valence-electron chi connectivity index (χ1n) is 11.1. The second-order valence-corrected chi connectivity index (χ2v) is 7.89. The molecule has 1 aromatic carbocycles. The van der Waals surface area contributed by atoms with E-state index >= 15 is 0 Å². The molecule has 6 heteroatoms. The molecule has 4 aromatic rings. The average molecular weight is 436 g/mol. The molecular weight excluding hydrogens is 410 g/mol. The maximum atomic E-state index is 13.4.